The Hall–Kier alpha value is -1.07. The number of sulfonamides is 1. The van der Waals surface area contributed by atoms with E-state index in [1.807, 2.05) is 31.2 Å². The maximum Gasteiger partial charge on any atom is 0.235 e. The monoisotopic (exact) mass is 282 g/mol. The molecule has 4 nitrogen and oxygen atoms in total. The third-order valence-corrected chi connectivity index (χ3v) is 5.70. The van der Waals surface area contributed by atoms with E-state index in [1.54, 1.807) is 7.05 Å². The number of piperidine rings is 1. The molecule has 0 spiro atoms. The molecule has 0 aliphatic carbocycles. The topological polar surface area (TPSA) is 49.4 Å². The fourth-order valence-electron chi connectivity index (χ4n) is 2.52. The standard InChI is InChI=1S/C14H22N2O2S/c1-12-5-3-4-6-14(12)16(2)19(17,18)11-13-7-9-15-10-8-13/h3-6,13,15H,7-11H2,1-2H3. The molecule has 5 heteroatoms. The van der Waals surface area contributed by atoms with Crippen LogP contribution in [0.15, 0.2) is 24.3 Å². The third-order valence-electron chi connectivity index (χ3n) is 3.78. The van der Waals surface area contributed by atoms with Crippen molar-refractivity contribution in [3.05, 3.63) is 29.8 Å². The average molecular weight is 282 g/mol. The van der Waals surface area contributed by atoms with E-state index in [1.165, 1.54) is 4.31 Å². The van der Waals surface area contributed by atoms with Gasteiger partial charge in [0.05, 0.1) is 11.4 Å². The fraction of sp³-hybridized carbons (Fsp3) is 0.571. The van der Waals surface area contributed by atoms with E-state index in [0.717, 1.165) is 37.2 Å². The van der Waals surface area contributed by atoms with Crippen LogP contribution in [0, 0.1) is 12.8 Å². The maximum atomic E-state index is 12.5. The average Bonchev–Trinajstić information content (AvgIpc) is 2.39. The normalized spacial score (nSPS) is 17.4. The van der Waals surface area contributed by atoms with Crippen LogP contribution in [0.2, 0.25) is 0 Å². The lowest BCUT2D eigenvalue weighted by Gasteiger charge is -2.27. The largest absolute Gasteiger partial charge is 0.317 e. The zero-order valence-corrected chi connectivity index (χ0v) is 12.4. The van der Waals surface area contributed by atoms with E-state index in [2.05, 4.69) is 5.32 Å². The van der Waals surface area contributed by atoms with Gasteiger partial charge in [0.15, 0.2) is 0 Å². The van der Waals surface area contributed by atoms with Gasteiger partial charge in [-0.05, 0) is 50.4 Å². The number of hydrogen-bond donors (Lipinski definition) is 1. The molecule has 2 rings (SSSR count). The van der Waals surface area contributed by atoms with Crippen LogP contribution in [-0.2, 0) is 10.0 Å². The van der Waals surface area contributed by atoms with Crippen molar-refractivity contribution in [1.29, 1.82) is 0 Å². The van der Waals surface area contributed by atoms with Crippen LogP contribution < -0.4 is 9.62 Å². The van der Waals surface area contributed by atoms with Crippen molar-refractivity contribution >= 4 is 15.7 Å². The minimum absolute atomic E-state index is 0.250. The van der Waals surface area contributed by atoms with E-state index < -0.39 is 10.0 Å². The molecule has 1 N–H and O–H groups in total. The van der Waals surface area contributed by atoms with Gasteiger partial charge in [-0.1, -0.05) is 18.2 Å². The summed E-state index contributed by atoms with van der Waals surface area (Å²) in [5, 5.41) is 3.26. The van der Waals surface area contributed by atoms with E-state index in [4.69, 9.17) is 0 Å². The van der Waals surface area contributed by atoms with Gasteiger partial charge in [-0.25, -0.2) is 8.42 Å². The van der Waals surface area contributed by atoms with Gasteiger partial charge in [0.2, 0.25) is 10.0 Å². The predicted octanol–water partition coefficient (Wildman–Crippen LogP) is 1.76. The first-order valence-corrected chi connectivity index (χ1v) is 8.34. The number of nitrogens with one attached hydrogen (secondary N) is 1. The molecule has 19 heavy (non-hydrogen) atoms. The summed E-state index contributed by atoms with van der Waals surface area (Å²) < 4.78 is 26.3. The van der Waals surface area contributed by atoms with Gasteiger partial charge in [-0.15, -0.1) is 0 Å². The smallest absolute Gasteiger partial charge is 0.235 e. The van der Waals surface area contributed by atoms with Gasteiger partial charge in [0.25, 0.3) is 0 Å². The summed E-state index contributed by atoms with van der Waals surface area (Å²) in [5.41, 5.74) is 1.76. The molecule has 0 bridgehead atoms. The molecule has 0 amide bonds. The Morgan fingerprint density at radius 3 is 2.53 bits per heavy atom. The van der Waals surface area contributed by atoms with Gasteiger partial charge < -0.3 is 5.32 Å². The molecular weight excluding hydrogens is 260 g/mol. The molecule has 1 fully saturated rings. The van der Waals surface area contributed by atoms with Gasteiger partial charge >= 0.3 is 0 Å². The fourth-order valence-corrected chi connectivity index (χ4v) is 4.18. The van der Waals surface area contributed by atoms with Crippen molar-refractivity contribution in [2.75, 3.05) is 30.2 Å². The lowest BCUT2D eigenvalue weighted by atomic mass is 10.0. The Morgan fingerprint density at radius 2 is 1.89 bits per heavy atom. The number of benzene rings is 1. The number of nitrogens with zero attached hydrogens (tertiary/aromatic N) is 1. The Kier molecular flexibility index (Phi) is 4.47. The second-order valence-corrected chi connectivity index (χ2v) is 7.27. The molecule has 0 aromatic heterocycles. The molecule has 106 valence electrons. The van der Waals surface area contributed by atoms with Gasteiger partial charge in [-0.3, -0.25) is 4.31 Å². The van der Waals surface area contributed by atoms with Crippen molar-refractivity contribution < 1.29 is 8.42 Å². The minimum Gasteiger partial charge on any atom is -0.317 e. The van der Waals surface area contributed by atoms with Crippen molar-refractivity contribution in [3.8, 4) is 0 Å². The molecule has 0 radical (unpaired) electrons. The minimum atomic E-state index is -3.23. The summed E-state index contributed by atoms with van der Waals surface area (Å²) in [6.07, 6.45) is 1.89. The Labute approximate surface area is 115 Å². The zero-order valence-electron chi connectivity index (χ0n) is 11.6. The molecular formula is C14H22N2O2S. The third kappa shape index (κ3) is 3.48. The van der Waals surface area contributed by atoms with Crippen molar-refractivity contribution in [3.63, 3.8) is 0 Å². The highest BCUT2D eigenvalue weighted by molar-refractivity contribution is 7.92. The Morgan fingerprint density at radius 1 is 1.26 bits per heavy atom. The van der Waals surface area contributed by atoms with Crippen molar-refractivity contribution in [2.45, 2.75) is 19.8 Å². The highest BCUT2D eigenvalue weighted by Gasteiger charge is 2.25. The molecule has 0 saturated carbocycles. The quantitative estimate of drug-likeness (QED) is 0.915. The van der Waals surface area contributed by atoms with Crippen LogP contribution in [0.4, 0.5) is 5.69 Å². The van der Waals surface area contributed by atoms with E-state index in [9.17, 15) is 8.42 Å². The van der Waals surface area contributed by atoms with Crippen LogP contribution in [-0.4, -0.2) is 34.3 Å². The summed E-state index contributed by atoms with van der Waals surface area (Å²) in [6.45, 7) is 3.79. The number of aryl methyl sites for hydroxylation is 1. The second kappa shape index (κ2) is 5.92. The van der Waals surface area contributed by atoms with Crippen LogP contribution in [0.5, 0.6) is 0 Å². The lowest BCUT2D eigenvalue weighted by Crippen LogP contribution is -2.36. The Bertz CT molecular complexity index is 522. The van der Waals surface area contributed by atoms with Crippen LogP contribution >= 0.6 is 0 Å². The van der Waals surface area contributed by atoms with Gasteiger partial charge in [0.1, 0.15) is 0 Å². The zero-order chi connectivity index (χ0) is 13.9. The first kappa shape index (κ1) is 14.3. The summed E-state index contributed by atoms with van der Waals surface area (Å²) >= 11 is 0. The highest BCUT2D eigenvalue weighted by atomic mass is 32.2. The SMILES string of the molecule is Cc1ccccc1N(C)S(=O)(=O)CC1CCNCC1. The molecule has 1 saturated heterocycles. The number of anilines is 1. The molecule has 1 aromatic carbocycles. The maximum absolute atomic E-state index is 12.5. The van der Waals surface area contributed by atoms with Crippen LogP contribution in [0.25, 0.3) is 0 Å². The highest BCUT2D eigenvalue weighted by Crippen LogP contribution is 2.23. The van der Waals surface area contributed by atoms with E-state index in [0.29, 0.717) is 0 Å². The van der Waals surface area contributed by atoms with Gasteiger partial charge in [0, 0.05) is 7.05 Å². The van der Waals surface area contributed by atoms with E-state index in [-0.39, 0.29) is 11.7 Å². The van der Waals surface area contributed by atoms with Crippen LogP contribution in [0.3, 0.4) is 0 Å². The molecule has 1 aromatic rings. The molecule has 1 heterocycles. The second-order valence-electron chi connectivity index (χ2n) is 5.23. The molecule has 1 aliphatic rings. The summed E-state index contributed by atoms with van der Waals surface area (Å²) in [5.74, 6) is 0.525. The summed E-state index contributed by atoms with van der Waals surface area (Å²) in [6, 6.07) is 7.59. The predicted molar refractivity (Wildman–Crippen MR) is 79.0 cm³/mol. The first-order valence-electron chi connectivity index (χ1n) is 6.73. The van der Waals surface area contributed by atoms with E-state index >= 15 is 0 Å². The molecule has 0 atom stereocenters. The number of hydrogen-bond acceptors (Lipinski definition) is 3. The summed E-state index contributed by atoms with van der Waals surface area (Å²) in [4.78, 5) is 0. The molecule has 1 aliphatic heterocycles. The van der Waals surface area contributed by atoms with Crippen molar-refractivity contribution in [1.82, 2.24) is 5.32 Å². The number of rotatable bonds is 4. The summed E-state index contributed by atoms with van der Waals surface area (Å²) in [7, 11) is -1.58. The van der Waals surface area contributed by atoms with Gasteiger partial charge in [-0.2, -0.15) is 0 Å². The van der Waals surface area contributed by atoms with Crippen molar-refractivity contribution in [2.24, 2.45) is 5.92 Å². The first-order chi connectivity index (χ1) is 9.00. The molecule has 0 unspecified atom stereocenters. The lowest BCUT2D eigenvalue weighted by molar-refractivity contribution is 0.401. The Balaban J connectivity index is 2.12. The number of para-hydroxylation sites is 1. The van der Waals surface area contributed by atoms with Crippen LogP contribution in [0.1, 0.15) is 18.4 Å².